The lowest BCUT2D eigenvalue weighted by atomic mass is 10.2. The molecule has 1 fully saturated rings. The van der Waals surface area contributed by atoms with Crippen LogP contribution in [0.25, 0.3) is 0 Å². The largest absolute Gasteiger partial charge is 0.489 e. The maximum absolute atomic E-state index is 13.4. The number of guanidine groups is 1. The average Bonchev–Trinajstić information content (AvgIpc) is 2.80. The summed E-state index contributed by atoms with van der Waals surface area (Å²) in [5.74, 6) is 1.91. The number of nitrogens with one attached hydrogen (secondary N) is 2. The van der Waals surface area contributed by atoms with Gasteiger partial charge in [-0.25, -0.2) is 14.4 Å². The summed E-state index contributed by atoms with van der Waals surface area (Å²) in [6, 6.07) is 10.3. The van der Waals surface area contributed by atoms with Gasteiger partial charge in [0.15, 0.2) is 5.96 Å². The van der Waals surface area contributed by atoms with Crippen LogP contribution in [0.2, 0.25) is 0 Å². The summed E-state index contributed by atoms with van der Waals surface area (Å²) in [7, 11) is 0. The van der Waals surface area contributed by atoms with E-state index in [-0.39, 0.29) is 18.0 Å². The summed E-state index contributed by atoms with van der Waals surface area (Å²) >= 11 is 0. The van der Waals surface area contributed by atoms with E-state index >= 15 is 0 Å². The number of anilines is 1. The minimum Gasteiger partial charge on any atom is -0.489 e. The van der Waals surface area contributed by atoms with E-state index < -0.39 is 0 Å². The maximum atomic E-state index is 13.4. The molecule has 0 bridgehead atoms. The first-order valence-electron chi connectivity index (χ1n) is 11.3. The molecule has 0 amide bonds. The Balaban J connectivity index is 1.54. The Morgan fingerprint density at radius 1 is 1.31 bits per heavy atom. The normalized spacial score (nSPS) is 17.7. The number of aromatic nitrogens is 1. The predicted octanol–water partition coefficient (Wildman–Crippen LogP) is 3.36. The van der Waals surface area contributed by atoms with Crippen LogP contribution in [-0.4, -0.2) is 55.9 Å². The summed E-state index contributed by atoms with van der Waals surface area (Å²) < 4.78 is 24.9. The molecule has 1 aliphatic rings. The molecule has 2 heterocycles. The Bertz CT molecular complexity index is 862. The molecule has 2 unspecified atom stereocenters. The quantitative estimate of drug-likeness (QED) is 0.458. The van der Waals surface area contributed by atoms with Crippen molar-refractivity contribution in [3.05, 3.63) is 54.0 Å². The zero-order chi connectivity index (χ0) is 22.8. The lowest BCUT2D eigenvalue weighted by Gasteiger charge is -2.32. The molecule has 32 heavy (non-hydrogen) atoms. The highest BCUT2D eigenvalue weighted by Gasteiger charge is 2.17. The van der Waals surface area contributed by atoms with E-state index in [0.29, 0.717) is 24.8 Å². The van der Waals surface area contributed by atoms with Gasteiger partial charge >= 0.3 is 0 Å². The van der Waals surface area contributed by atoms with Crippen LogP contribution in [0.3, 0.4) is 0 Å². The molecule has 2 atom stereocenters. The molecule has 0 radical (unpaired) electrons. The molecule has 174 valence electrons. The number of rotatable bonds is 9. The molecule has 1 aromatic heterocycles. The maximum Gasteiger partial charge on any atom is 0.191 e. The third kappa shape index (κ3) is 7.37. The zero-order valence-electron chi connectivity index (χ0n) is 19.2. The second-order valence-electron chi connectivity index (χ2n) is 7.83. The van der Waals surface area contributed by atoms with Gasteiger partial charge in [-0.05, 0) is 44.0 Å². The summed E-state index contributed by atoms with van der Waals surface area (Å²) in [6.45, 7) is 10.4. The van der Waals surface area contributed by atoms with Crippen LogP contribution in [0.1, 0.15) is 32.8 Å². The number of ether oxygens (including phenoxy) is 2. The van der Waals surface area contributed by atoms with Crippen LogP contribution in [0.5, 0.6) is 5.75 Å². The number of morpholine rings is 1. The monoisotopic (exact) mass is 443 g/mol. The Kier molecular flexibility index (Phi) is 9.10. The molecule has 0 saturated carbocycles. The average molecular weight is 444 g/mol. The number of benzene rings is 1. The van der Waals surface area contributed by atoms with Gasteiger partial charge in [-0.15, -0.1) is 0 Å². The van der Waals surface area contributed by atoms with E-state index in [1.165, 1.54) is 12.1 Å². The Morgan fingerprint density at radius 3 is 2.88 bits per heavy atom. The standard InChI is InChI=1S/C24H34FN5O2/c1-4-21(32-22-8-6-7-20(25)13-22)16-29-24(26-5-2)28-15-19-9-10-23(27-14-19)30-11-12-31-18(3)17-30/h6-10,13-14,18,21H,4-5,11-12,15-17H2,1-3H3,(H2,26,28,29). The van der Waals surface area contributed by atoms with E-state index in [2.05, 4.69) is 38.5 Å². The van der Waals surface area contributed by atoms with Crippen LogP contribution in [0.4, 0.5) is 10.2 Å². The van der Waals surface area contributed by atoms with Crippen molar-refractivity contribution in [3.63, 3.8) is 0 Å². The molecule has 1 aromatic carbocycles. The van der Waals surface area contributed by atoms with Gasteiger partial charge in [-0.2, -0.15) is 0 Å². The van der Waals surface area contributed by atoms with Crippen molar-refractivity contribution in [1.29, 1.82) is 0 Å². The van der Waals surface area contributed by atoms with E-state index in [0.717, 1.165) is 44.0 Å². The van der Waals surface area contributed by atoms with Crippen LogP contribution in [0, 0.1) is 5.82 Å². The topological polar surface area (TPSA) is 71.0 Å². The van der Waals surface area contributed by atoms with Crippen molar-refractivity contribution in [2.24, 2.45) is 4.99 Å². The van der Waals surface area contributed by atoms with Crippen molar-refractivity contribution in [1.82, 2.24) is 15.6 Å². The van der Waals surface area contributed by atoms with Gasteiger partial charge in [-0.1, -0.05) is 19.1 Å². The molecular weight excluding hydrogens is 409 g/mol. The highest BCUT2D eigenvalue weighted by molar-refractivity contribution is 5.79. The minimum atomic E-state index is -0.303. The van der Waals surface area contributed by atoms with Gasteiger partial charge in [0.2, 0.25) is 0 Å². The van der Waals surface area contributed by atoms with Crippen molar-refractivity contribution >= 4 is 11.8 Å². The van der Waals surface area contributed by atoms with Crippen molar-refractivity contribution < 1.29 is 13.9 Å². The van der Waals surface area contributed by atoms with Crippen molar-refractivity contribution in [2.45, 2.75) is 45.9 Å². The van der Waals surface area contributed by atoms with Gasteiger partial charge in [0.1, 0.15) is 23.5 Å². The number of pyridine rings is 1. The van der Waals surface area contributed by atoms with Gasteiger partial charge in [0, 0.05) is 31.9 Å². The molecule has 3 rings (SSSR count). The second kappa shape index (κ2) is 12.2. The number of nitrogens with zero attached hydrogens (tertiary/aromatic N) is 3. The summed E-state index contributed by atoms with van der Waals surface area (Å²) in [4.78, 5) is 11.5. The highest BCUT2D eigenvalue weighted by Crippen LogP contribution is 2.16. The molecule has 1 saturated heterocycles. The van der Waals surface area contributed by atoms with Crippen molar-refractivity contribution in [3.8, 4) is 5.75 Å². The molecular formula is C24H34FN5O2. The van der Waals surface area contributed by atoms with Crippen LogP contribution >= 0.6 is 0 Å². The summed E-state index contributed by atoms with van der Waals surface area (Å²) in [5, 5.41) is 6.58. The predicted molar refractivity (Wildman–Crippen MR) is 126 cm³/mol. The fourth-order valence-electron chi connectivity index (χ4n) is 3.45. The molecule has 0 aliphatic carbocycles. The van der Waals surface area contributed by atoms with Gasteiger partial charge in [0.25, 0.3) is 0 Å². The first kappa shape index (κ1) is 23.8. The van der Waals surface area contributed by atoms with Gasteiger partial charge in [0.05, 0.1) is 25.8 Å². The highest BCUT2D eigenvalue weighted by atomic mass is 19.1. The summed E-state index contributed by atoms with van der Waals surface area (Å²) in [6.07, 6.45) is 2.79. The molecule has 8 heteroatoms. The Labute approximate surface area is 190 Å². The third-order valence-corrected chi connectivity index (χ3v) is 5.19. The van der Waals surface area contributed by atoms with Crippen LogP contribution in [0.15, 0.2) is 47.6 Å². The first-order chi connectivity index (χ1) is 15.6. The molecule has 7 nitrogen and oxygen atoms in total. The lowest BCUT2D eigenvalue weighted by Crippen LogP contribution is -2.42. The Morgan fingerprint density at radius 2 is 2.19 bits per heavy atom. The zero-order valence-corrected chi connectivity index (χ0v) is 19.2. The lowest BCUT2D eigenvalue weighted by molar-refractivity contribution is 0.0529. The number of halogens is 1. The van der Waals surface area contributed by atoms with Crippen LogP contribution < -0.4 is 20.3 Å². The number of hydrogen-bond donors (Lipinski definition) is 2. The van der Waals surface area contributed by atoms with Gasteiger partial charge < -0.3 is 25.0 Å². The third-order valence-electron chi connectivity index (χ3n) is 5.19. The SMILES string of the molecule is CCNC(=NCc1ccc(N2CCOC(C)C2)nc1)NCC(CC)Oc1cccc(F)c1. The van der Waals surface area contributed by atoms with Crippen molar-refractivity contribution in [2.75, 3.05) is 37.7 Å². The van der Waals surface area contributed by atoms with E-state index in [9.17, 15) is 4.39 Å². The molecule has 0 spiro atoms. The van der Waals surface area contributed by atoms with E-state index in [1.807, 2.05) is 26.1 Å². The van der Waals surface area contributed by atoms with E-state index in [4.69, 9.17) is 9.47 Å². The molecule has 2 aromatic rings. The molecule has 2 N–H and O–H groups in total. The second-order valence-corrected chi connectivity index (χ2v) is 7.83. The fourth-order valence-corrected chi connectivity index (χ4v) is 3.45. The number of aliphatic imine (C=N–C) groups is 1. The van der Waals surface area contributed by atoms with E-state index in [1.54, 1.807) is 12.1 Å². The Hall–Kier alpha value is -2.87. The summed E-state index contributed by atoms with van der Waals surface area (Å²) in [5.41, 5.74) is 1.04. The van der Waals surface area contributed by atoms with Gasteiger partial charge in [-0.3, -0.25) is 0 Å². The minimum absolute atomic E-state index is 0.0995. The number of hydrogen-bond acceptors (Lipinski definition) is 5. The fraction of sp³-hybridized carbons (Fsp3) is 0.500. The smallest absolute Gasteiger partial charge is 0.191 e. The first-order valence-corrected chi connectivity index (χ1v) is 11.3. The van der Waals surface area contributed by atoms with Crippen LogP contribution in [-0.2, 0) is 11.3 Å². The molecule has 1 aliphatic heterocycles.